The van der Waals surface area contributed by atoms with Crippen molar-refractivity contribution in [1.82, 2.24) is 4.90 Å². The molecule has 1 atom stereocenters. The molecule has 1 amide bonds. The summed E-state index contributed by atoms with van der Waals surface area (Å²) in [6.07, 6.45) is 4.48. The molecule has 0 heterocycles. The van der Waals surface area contributed by atoms with Gasteiger partial charge in [0, 0.05) is 13.7 Å². The molecule has 0 aromatic carbocycles. The van der Waals surface area contributed by atoms with Crippen LogP contribution in [-0.4, -0.2) is 48.7 Å². The minimum absolute atomic E-state index is 0.346. The quantitative estimate of drug-likeness (QED) is 0.636. The van der Waals surface area contributed by atoms with E-state index in [1.807, 2.05) is 0 Å². The maximum atomic E-state index is 12.3. The summed E-state index contributed by atoms with van der Waals surface area (Å²) in [5.41, 5.74) is -0.763. The summed E-state index contributed by atoms with van der Waals surface area (Å²) in [7, 11) is 1.62. The molecule has 1 saturated carbocycles. The first-order valence-electron chi connectivity index (χ1n) is 8.78. The second-order valence-electron chi connectivity index (χ2n) is 6.96. The molecule has 0 radical (unpaired) electrons. The molecule has 136 valence electrons. The van der Waals surface area contributed by atoms with Crippen LogP contribution < -0.4 is 0 Å². The van der Waals surface area contributed by atoms with Crippen LogP contribution in [0, 0.1) is 17.2 Å². The highest BCUT2D eigenvalue weighted by molar-refractivity contribution is 5.82. The van der Waals surface area contributed by atoms with Crippen LogP contribution in [0.4, 0.5) is 0 Å². The van der Waals surface area contributed by atoms with Crippen LogP contribution in [0.1, 0.15) is 59.3 Å². The number of nitrogens with zero attached hydrogens (tertiary/aromatic N) is 2. The first kappa shape index (κ1) is 20.4. The largest absolute Gasteiger partial charge is 0.454 e. The van der Waals surface area contributed by atoms with Gasteiger partial charge in [0.2, 0.25) is 0 Å². The topological polar surface area (TPSA) is 79.6 Å². The van der Waals surface area contributed by atoms with Crippen molar-refractivity contribution in [1.29, 1.82) is 5.26 Å². The first-order valence-corrected chi connectivity index (χ1v) is 8.78. The average Bonchev–Trinajstić information content (AvgIpc) is 2.58. The van der Waals surface area contributed by atoms with E-state index >= 15 is 0 Å². The highest BCUT2D eigenvalue weighted by Crippen LogP contribution is 2.32. The van der Waals surface area contributed by atoms with Gasteiger partial charge in [-0.3, -0.25) is 4.79 Å². The van der Waals surface area contributed by atoms with E-state index in [9.17, 15) is 14.9 Å². The summed E-state index contributed by atoms with van der Waals surface area (Å²) in [6, 6.07) is 2.29. The molecule has 0 spiro atoms. The number of amides is 1. The van der Waals surface area contributed by atoms with E-state index in [0.717, 1.165) is 25.7 Å². The van der Waals surface area contributed by atoms with Gasteiger partial charge < -0.3 is 14.4 Å². The molecule has 0 saturated heterocycles. The molecule has 1 aliphatic carbocycles. The lowest BCUT2D eigenvalue weighted by Gasteiger charge is -2.38. The third-order valence-electron chi connectivity index (χ3n) is 4.64. The second-order valence-corrected chi connectivity index (χ2v) is 6.96. The maximum absolute atomic E-state index is 12.3. The highest BCUT2D eigenvalue weighted by Gasteiger charge is 2.39. The number of carbonyl (C=O) groups excluding carboxylic acids is 2. The van der Waals surface area contributed by atoms with Gasteiger partial charge in [-0.15, -0.1) is 0 Å². The fourth-order valence-corrected chi connectivity index (χ4v) is 2.79. The van der Waals surface area contributed by atoms with E-state index in [1.54, 1.807) is 14.0 Å². The van der Waals surface area contributed by atoms with E-state index in [-0.39, 0.29) is 12.5 Å². The number of hydrogen-bond acceptors (Lipinski definition) is 5. The second kappa shape index (κ2) is 9.63. The lowest BCUT2D eigenvalue weighted by Crippen LogP contribution is -2.51. The van der Waals surface area contributed by atoms with Gasteiger partial charge in [-0.2, -0.15) is 5.26 Å². The molecule has 6 heteroatoms. The molecule has 1 fully saturated rings. The van der Waals surface area contributed by atoms with Crippen LogP contribution in [0.25, 0.3) is 0 Å². The Kier molecular flexibility index (Phi) is 8.20. The summed E-state index contributed by atoms with van der Waals surface area (Å²) in [6.45, 7) is 5.92. The standard InChI is InChI=1S/C18H30N2O4/c1-14(2)8-11-23-15(3)17(22)24-12-16(21)20(4)18(13-19)9-6-5-7-10-18/h14-15H,5-12H2,1-4H3. The van der Waals surface area contributed by atoms with E-state index in [1.165, 1.54) is 4.90 Å². The van der Waals surface area contributed by atoms with Crippen LogP contribution in [0.2, 0.25) is 0 Å². The Morgan fingerprint density at radius 3 is 2.38 bits per heavy atom. The first-order chi connectivity index (χ1) is 11.3. The smallest absolute Gasteiger partial charge is 0.335 e. The monoisotopic (exact) mass is 338 g/mol. The van der Waals surface area contributed by atoms with Gasteiger partial charge in [0.15, 0.2) is 12.7 Å². The molecule has 0 N–H and O–H groups in total. The number of esters is 1. The van der Waals surface area contributed by atoms with Crippen molar-refractivity contribution < 1.29 is 19.1 Å². The number of carbonyl (C=O) groups is 2. The summed E-state index contributed by atoms with van der Waals surface area (Å²) in [5, 5.41) is 9.50. The molecule has 6 nitrogen and oxygen atoms in total. The molecule has 1 aliphatic rings. The SMILES string of the molecule is CC(C)CCOC(C)C(=O)OCC(=O)N(C)C1(C#N)CCCCC1. The van der Waals surface area contributed by atoms with Crippen LogP contribution >= 0.6 is 0 Å². The zero-order chi connectivity index (χ0) is 18.2. The van der Waals surface area contributed by atoms with Crippen molar-refractivity contribution in [2.24, 2.45) is 5.92 Å². The number of ether oxygens (including phenoxy) is 2. The Morgan fingerprint density at radius 2 is 1.83 bits per heavy atom. The fourth-order valence-electron chi connectivity index (χ4n) is 2.79. The fraction of sp³-hybridized carbons (Fsp3) is 0.833. The van der Waals surface area contributed by atoms with Gasteiger partial charge in [-0.05, 0) is 32.1 Å². The third-order valence-corrected chi connectivity index (χ3v) is 4.64. The number of nitriles is 1. The Bertz CT molecular complexity index is 464. The van der Waals surface area contributed by atoms with Gasteiger partial charge >= 0.3 is 5.97 Å². The minimum atomic E-state index is -0.763. The Balaban J connectivity index is 2.44. The van der Waals surface area contributed by atoms with Gasteiger partial charge in [-0.25, -0.2) is 4.79 Å². The van der Waals surface area contributed by atoms with Crippen LogP contribution in [0.15, 0.2) is 0 Å². The third kappa shape index (κ3) is 5.79. The average molecular weight is 338 g/mol. The van der Waals surface area contributed by atoms with Crippen LogP contribution in [-0.2, 0) is 19.1 Å². The summed E-state index contributed by atoms with van der Waals surface area (Å²) in [4.78, 5) is 25.6. The molecule has 1 rings (SSSR count). The van der Waals surface area contributed by atoms with Crippen molar-refractivity contribution in [3.63, 3.8) is 0 Å². The van der Waals surface area contributed by atoms with Crippen molar-refractivity contribution in [2.45, 2.75) is 70.9 Å². The molecule has 1 unspecified atom stereocenters. The van der Waals surface area contributed by atoms with Crippen molar-refractivity contribution in [2.75, 3.05) is 20.3 Å². The number of likely N-dealkylation sites (N-methyl/N-ethyl adjacent to an activating group) is 1. The minimum Gasteiger partial charge on any atom is -0.454 e. The molecule has 0 aromatic heterocycles. The van der Waals surface area contributed by atoms with Gasteiger partial charge in [0.05, 0.1) is 6.07 Å². The Hall–Kier alpha value is -1.61. The lowest BCUT2D eigenvalue weighted by atomic mass is 9.81. The van der Waals surface area contributed by atoms with Gasteiger partial charge in [0.1, 0.15) is 5.54 Å². The van der Waals surface area contributed by atoms with Gasteiger partial charge in [-0.1, -0.05) is 33.1 Å². The van der Waals surface area contributed by atoms with Crippen molar-refractivity contribution >= 4 is 11.9 Å². The molecular weight excluding hydrogens is 308 g/mol. The molecule has 0 bridgehead atoms. The zero-order valence-corrected chi connectivity index (χ0v) is 15.3. The zero-order valence-electron chi connectivity index (χ0n) is 15.3. The van der Waals surface area contributed by atoms with E-state index in [2.05, 4.69) is 19.9 Å². The summed E-state index contributed by atoms with van der Waals surface area (Å²) in [5.74, 6) is -0.391. The van der Waals surface area contributed by atoms with Gasteiger partial charge in [0.25, 0.3) is 5.91 Å². The molecular formula is C18H30N2O4. The maximum Gasteiger partial charge on any atom is 0.335 e. The predicted octanol–water partition coefficient (Wildman–Crippen LogP) is 2.67. The number of hydrogen-bond donors (Lipinski definition) is 0. The summed E-state index contributed by atoms with van der Waals surface area (Å²) < 4.78 is 10.5. The molecule has 24 heavy (non-hydrogen) atoms. The normalized spacial score (nSPS) is 17.8. The molecule has 0 aromatic rings. The van der Waals surface area contributed by atoms with E-state index in [4.69, 9.17) is 9.47 Å². The highest BCUT2D eigenvalue weighted by atomic mass is 16.6. The summed E-state index contributed by atoms with van der Waals surface area (Å²) >= 11 is 0. The number of rotatable bonds is 8. The van der Waals surface area contributed by atoms with Crippen molar-refractivity contribution in [3.8, 4) is 6.07 Å². The molecule has 0 aliphatic heterocycles. The Labute approximate surface area is 145 Å². The Morgan fingerprint density at radius 1 is 1.21 bits per heavy atom. The van der Waals surface area contributed by atoms with E-state index < -0.39 is 17.6 Å². The van der Waals surface area contributed by atoms with E-state index in [0.29, 0.717) is 25.4 Å². The van der Waals surface area contributed by atoms with Crippen molar-refractivity contribution in [3.05, 3.63) is 0 Å². The predicted molar refractivity (Wildman–Crippen MR) is 90.0 cm³/mol. The lowest BCUT2D eigenvalue weighted by molar-refractivity contribution is -0.162. The van der Waals surface area contributed by atoms with Crippen LogP contribution in [0.3, 0.4) is 0 Å². The van der Waals surface area contributed by atoms with Crippen LogP contribution in [0.5, 0.6) is 0 Å².